The minimum Gasteiger partial charge on any atom is -0.491 e. The highest BCUT2D eigenvalue weighted by atomic mass is 16.6. The Morgan fingerprint density at radius 2 is 1.28 bits per heavy atom. The summed E-state index contributed by atoms with van der Waals surface area (Å²) in [5.41, 5.74) is 0.587. The molecule has 0 heterocycles. The lowest BCUT2D eigenvalue weighted by Gasteiger charge is -2.10. The fourth-order valence-corrected chi connectivity index (χ4v) is 2.15. The second-order valence-corrected chi connectivity index (χ2v) is 5.29. The number of Topliss-reactive ketones (excluding diaryl/α,β-unsaturated/α-hetero) is 1. The number of rotatable bonds is 12. The minimum atomic E-state index is -0.0114. The van der Waals surface area contributed by atoms with Gasteiger partial charge in [-0.3, -0.25) is 4.79 Å². The molecule has 134 valence electrons. The van der Waals surface area contributed by atoms with E-state index in [0.717, 1.165) is 5.75 Å². The van der Waals surface area contributed by atoms with Crippen molar-refractivity contribution in [3.63, 3.8) is 0 Å². The number of para-hydroxylation sites is 2. The number of carbonyl (C=O) groups is 1. The van der Waals surface area contributed by atoms with Crippen molar-refractivity contribution in [3.05, 3.63) is 60.2 Å². The van der Waals surface area contributed by atoms with E-state index in [-0.39, 0.29) is 5.78 Å². The predicted octanol–water partition coefficient (Wildman–Crippen LogP) is 3.38. The van der Waals surface area contributed by atoms with Crippen LogP contribution in [0.4, 0.5) is 0 Å². The zero-order chi connectivity index (χ0) is 17.7. The Balaban J connectivity index is 1.47. The van der Waals surface area contributed by atoms with E-state index in [9.17, 15) is 4.79 Å². The topological polar surface area (TPSA) is 54.0 Å². The maximum Gasteiger partial charge on any atom is 0.163 e. The van der Waals surface area contributed by atoms with Gasteiger partial charge in [0.05, 0.1) is 32.0 Å². The monoisotopic (exact) mass is 344 g/mol. The molecule has 5 nitrogen and oxygen atoms in total. The molecule has 0 N–H and O–H groups in total. The Kier molecular flexibility index (Phi) is 8.52. The van der Waals surface area contributed by atoms with Gasteiger partial charge < -0.3 is 18.9 Å². The lowest BCUT2D eigenvalue weighted by Crippen LogP contribution is -2.14. The summed E-state index contributed by atoms with van der Waals surface area (Å²) in [6.07, 6.45) is 0. The van der Waals surface area contributed by atoms with Crippen LogP contribution in [0.2, 0.25) is 0 Å². The van der Waals surface area contributed by atoms with Crippen molar-refractivity contribution in [2.24, 2.45) is 0 Å². The summed E-state index contributed by atoms with van der Waals surface area (Å²) < 4.78 is 22.0. The first-order valence-electron chi connectivity index (χ1n) is 8.33. The SMILES string of the molecule is CC(=O)c1ccccc1OCCOCCOCCOc1ccccc1. The fraction of sp³-hybridized carbons (Fsp3) is 0.350. The molecule has 0 amide bonds. The van der Waals surface area contributed by atoms with Crippen molar-refractivity contribution in [3.8, 4) is 11.5 Å². The third kappa shape index (κ3) is 7.37. The van der Waals surface area contributed by atoms with Crippen LogP contribution in [-0.2, 0) is 9.47 Å². The lowest BCUT2D eigenvalue weighted by molar-refractivity contribution is 0.0273. The lowest BCUT2D eigenvalue weighted by atomic mass is 10.1. The van der Waals surface area contributed by atoms with Crippen LogP contribution in [0, 0.1) is 0 Å². The van der Waals surface area contributed by atoms with Crippen molar-refractivity contribution in [2.75, 3.05) is 39.6 Å². The van der Waals surface area contributed by atoms with Crippen LogP contribution in [0.5, 0.6) is 11.5 Å². The number of carbonyl (C=O) groups excluding carboxylic acids is 1. The summed E-state index contributed by atoms with van der Waals surface area (Å²) in [6, 6.07) is 16.8. The van der Waals surface area contributed by atoms with Gasteiger partial charge in [0.2, 0.25) is 0 Å². The molecule has 0 aliphatic rings. The first-order valence-corrected chi connectivity index (χ1v) is 8.33. The highest BCUT2D eigenvalue weighted by Crippen LogP contribution is 2.18. The quantitative estimate of drug-likeness (QED) is 0.436. The summed E-state index contributed by atoms with van der Waals surface area (Å²) in [7, 11) is 0. The normalized spacial score (nSPS) is 10.4. The molecule has 5 heteroatoms. The summed E-state index contributed by atoms with van der Waals surface area (Å²) in [6.45, 7) is 4.37. The second-order valence-electron chi connectivity index (χ2n) is 5.29. The first-order chi connectivity index (χ1) is 12.3. The van der Waals surface area contributed by atoms with E-state index in [2.05, 4.69) is 0 Å². The molecule has 0 aliphatic heterocycles. The van der Waals surface area contributed by atoms with Gasteiger partial charge in [0, 0.05) is 0 Å². The third-order valence-corrected chi connectivity index (χ3v) is 3.36. The molecule has 2 rings (SSSR count). The summed E-state index contributed by atoms with van der Waals surface area (Å²) in [4.78, 5) is 11.5. The van der Waals surface area contributed by atoms with E-state index < -0.39 is 0 Å². The molecule has 0 radical (unpaired) electrons. The zero-order valence-corrected chi connectivity index (χ0v) is 14.5. The van der Waals surface area contributed by atoms with Crippen LogP contribution >= 0.6 is 0 Å². The Morgan fingerprint density at radius 3 is 1.96 bits per heavy atom. The van der Waals surface area contributed by atoms with Crippen molar-refractivity contribution in [1.82, 2.24) is 0 Å². The minimum absolute atomic E-state index is 0.0114. The van der Waals surface area contributed by atoms with E-state index in [1.165, 1.54) is 6.92 Å². The Hall–Kier alpha value is -2.37. The van der Waals surface area contributed by atoms with Crippen LogP contribution in [0.3, 0.4) is 0 Å². The van der Waals surface area contributed by atoms with Crippen LogP contribution < -0.4 is 9.47 Å². The van der Waals surface area contributed by atoms with Gasteiger partial charge in [-0.2, -0.15) is 0 Å². The van der Waals surface area contributed by atoms with Crippen LogP contribution in [-0.4, -0.2) is 45.4 Å². The molecule has 2 aromatic rings. The molecule has 0 unspecified atom stereocenters. The molecule has 25 heavy (non-hydrogen) atoms. The molecule has 0 saturated heterocycles. The van der Waals surface area contributed by atoms with Crippen LogP contribution in [0.15, 0.2) is 54.6 Å². The van der Waals surface area contributed by atoms with Gasteiger partial charge in [-0.15, -0.1) is 0 Å². The molecule has 0 saturated carbocycles. The summed E-state index contributed by atoms with van der Waals surface area (Å²) in [5.74, 6) is 1.42. The molecular weight excluding hydrogens is 320 g/mol. The predicted molar refractivity (Wildman–Crippen MR) is 95.5 cm³/mol. The van der Waals surface area contributed by atoms with Gasteiger partial charge in [0.15, 0.2) is 5.78 Å². The van der Waals surface area contributed by atoms with Gasteiger partial charge in [0.25, 0.3) is 0 Å². The molecule has 0 fully saturated rings. The number of ether oxygens (including phenoxy) is 4. The number of benzene rings is 2. The van der Waals surface area contributed by atoms with E-state index in [1.807, 2.05) is 42.5 Å². The smallest absolute Gasteiger partial charge is 0.163 e. The summed E-state index contributed by atoms with van der Waals surface area (Å²) >= 11 is 0. The fourth-order valence-electron chi connectivity index (χ4n) is 2.15. The highest BCUT2D eigenvalue weighted by Gasteiger charge is 2.06. The van der Waals surface area contributed by atoms with Gasteiger partial charge in [-0.05, 0) is 31.2 Å². The maximum atomic E-state index is 11.5. The van der Waals surface area contributed by atoms with Crippen LogP contribution in [0.25, 0.3) is 0 Å². The second kappa shape index (κ2) is 11.2. The molecule has 0 atom stereocenters. The third-order valence-electron chi connectivity index (χ3n) is 3.36. The standard InChI is InChI=1S/C20H24O5/c1-17(21)19-9-5-6-10-20(19)25-16-14-23-12-11-22-13-15-24-18-7-3-2-4-8-18/h2-10H,11-16H2,1H3. The van der Waals surface area contributed by atoms with Gasteiger partial charge in [-0.1, -0.05) is 30.3 Å². The van der Waals surface area contributed by atoms with E-state index in [0.29, 0.717) is 51.0 Å². The molecule has 0 spiro atoms. The Morgan fingerprint density at radius 1 is 0.720 bits per heavy atom. The van der Waals surface area contributed by atoms with Crippen molar-refractivity contribution < 1.29 is 23.7 Å². The highest BCUT2D eigenvalue weighted by molar-refractivity contribution is 5.96. The zero-order valence-electron chi connectivity index (χ0n) is 14.5. The summed E-state index contributed by atoms with van der Waals surface area (Å²) in [5, 5.41) is 0. The van der Waals surface area contributed by atoms with E-state index in [4.69, 9.17) is 18.9 Å². The number of hydrogen-bond acceptors (Lipinski definition) is 5. The van der Waals surface area contributed by atoms with E-state index in [1.54, 1.807) is 12.1 Å². The van der Waals surface area contributed by atoms with Gasteiger partial charge in [-0.25, -0.2) is 0 Å². The van der Waals surface area contributed by atoms with E-state index >= 15 is 0 Å². The number of ketones is 1. The largest absolute Gasteiger partial charge is 0.491 e. The Bertz CT molecular complexity index is 627. The molecule has 0 bridgehead atoms. The van der Waals surface area contributed by atoms with Crippen molar-refractivity contribution in [1.29, 1.82) is 0 Å². The van der Waals surface area contributed by atoms with Crippen molar-refractivity contribution in [2.45, 2.75) is 6.92 Å². The molecule has 2 aromatic carbocycles. The van der Waals surface area contributed by atoms with Gasteiger partial charge in [0.1, 0.15) is 24.7 Å². The molecule has 0 aliphatic carbocycles. The van der Waals surface area contributed by atoms with Crippen LogP contribution in [0.1, 0.15) is 17.3 Å². The number of hydrogen-bond donors (Lipinski definition) is 0. The Labute approximate surface area is 148 Å². The molecule has 0 aromatic heterocycles. The first kappa shape index (κ1) is 19.0. The molecular formula is C20H24O5. The maximum absolute atomic E-state index is 11.5. The average molecular weight is 344 g/mol. The van der Waals surface area contributed by atoms with Gasteiger partial charge >= 0.3 is 0 Å². The average Bonchev–Trinajstić information content (AvgIpc) is 2.64. The van der Waals surface area contributed by atoms with Crippen molar-refractivity contribution >= 4 is 5.78 Å².